The Labute approximate surface area is 282 Å². The zero-order valence-corrected chi connectivity index (χ0v) is 28.3. The first-order valence-electron chi connectivity index (χ1n) is 17.1. The molecule has 5 aromatic rings. The van der Waals surface area contributed by atoms with Crippen LogP contribution in [0.2, 0.25) is 0 Å². The lowest BCUT2D eigenvalue weighted by Gasteiger charge is -2.25. The summed E-state index contributed by atoms with van der Waals surface area (Å²) in [6.45, 7) is 9.37. The SMILES string of the molecule is CC(C)c1cccc(C(C)C)c1NC(=O)Nc1c(-c2cccc(OCc3cccnc3)c2)c2cccnc2n(CC2CCCCC2)c1=O. The van der Waals surface area contributed by atoms with Gasteiger partial charge in [0, 0.05) is 47.3 Å². The Balaban J connectivity index is 1.45. The summed E-state index contributed by atoms with van der Waals surface area (Å²) < 4.78 is 7.93. The zero-order chi connectivity index (χ0) is 33.6. The van der Waals surface area contributed by atoms with E-state index < -0.39 is 6.03 Å². The quantitative estimate of drug-likeness (QED) is 0.158. The molecule has 0 spiro atoms. The minimum Gasteiger partial charge on any atom is -0.489 e. The number of hydrogen-bond donors (Lipinski definition) is 2. The Bertz CT molecular complexity index is 1920. The topological polar surface area (TPSA) is 98.1 Å². The van der Waals surface area contributed by atoms with Gasteiger partial charge >= 0.3 is 6.03 Å². The van der Waals surface area contributed by atoms with Crippen molar-refractivity contribution in [2.24, 2.45) is 5.92 Å². The fraction of sp³-hybridized carbons (Fsp3) is 0.350. The average molecular weight is 644 g/mol. The van der Waals surface area contributed by atoms with Gasteiger partial charge < -0.3 is 15.4 Å². The normalized spacial score (nSPS) is 13.6. The highest BCUT2D eigenvalue weighted by atomic mass is 16.5. The van der Waals surface area contributed by atoms with E-state index in [0.29, 0.717) is 36.0 Å². The van der Waals surface area contributed by atoms with E-state index in [4.69, 9.17) is 9.72 Å². The predicted octanol–water partition coefficient (Wildman–Crippen LogP) is 9.51. The van der Waals surface area contributed by atoms with Crippen molar-refractivity contribution < 1.29 is 9.53 Å². The van der Waals surface area contributed by atoms with Gasteiger partial charge in [0.25, 0.3) is 5.56 Å². The maximum atomic E-state index is 14.6. The maximum Gasteiger partial charge on any atom is 0.323 e. The molecule has 1 aliphatic carbocycles. The minimum atomic E-state index is -0.459. The molecule has 0 radical (unpaired) electrons. The fourth-order valence-electron chi connectivity index (χ4n) is 6.84. The number of nitrogens with zero attached hydrogens (tertiary/aromatic N) is 3. The van der Waals surface area contributed by atoms with Crippen molar-refractivity contribution in [2.45, 2.75) is 84.8 Å². The number of pyridine rings is 3. The molecule has 1 aliphatic rings. The highest BCUT2D eigenvalue weighted by Gasteiger charge is 2.25. The van der Waals surface area contributed by atoms with Crippen LogP contribution in [0.3, 0.4) is 0 Å². The van der Waals surface area contributed by atoms with Crippen LogP contribution in [-0.2, 0) is 13.2 Å². The summed E-state index contributed by atoms with van der Waals surface area (Å²) >= 11 is 0. The van der Waals surface area contributed by atoms with Crippen molar-refractivity contribution >= 4 is 28.4 Å². The highest BCUT2D eigenvalue weighted by Crippen LogP contribution is 2.37. The lowest BCUT2D eigenvalue weighted by Crippen LogP contribution is -2.32. The van der Waals surface area contributed by atoms with Crippen LogP contribution in [0.1, 0.15) is 88.3 Å². The highest BCUT2D eigenvalue weighted by molar-refractivity contribution is 6.07. The Morgan fingerprint density at radius 1 is 0.875 bits per heavy atom. The molecule has 3 heterocycles. The molecule has 248 valence electrons. The van der Waals surface area contributed by atoms with Gasteiger partial charge in [0.2, 0.25) is 0 Å². The van der Waals surface area contributed by atoms with Crippen molar-refractivity contribution in [1.82, 2.24) is 14.5 Å². The molecule has 8 nitrogen and oxygen atoms in total. The molecule has 1 saturated carbocycles. The van der Waals surface area contributed by atoms with Crippen LogP contribution in [-0.4, -0.2) is 20.6 Å². The van der Waals surface area contributed by atoms with E-state index in [9.17, 15) is 9.59 Å². The number of aromatic nitrogens is 3. The third kappa shape index (κ3) is 7.28. The predicted molar refractivity (Wildman–Crippen MR) is 194 cm³/mol. The van der Waals surface area contributed by atoms with Gasteiger partial charge in [-0.2, -0.15) is 0 Å². The molecular weight excluding hydrogens is 598 g/mol. The standard InChI is InChI=1S/C40H45N5O3/c1-26(2)32-17-9-18-33(27(3)4)36(32)43-40(47)44-37-35(30-15-8-16-31(22-30)48-25-29-14-10-20-41-23-29)34-19-11-21-42-38(34)45(39(37)46)24-28-12-6-5-7-13-28/h8-11,14-23,26-28H,5-7,12-13,24-25H2,1-4H3,(H2,43,44,47). The number of ether oxygens (including phenoxy) is 1. The van der Waals surface area contributed by atoms with Gasteiger partial charge in [0.05, 0.1) is 0 Å². The fourth-order valence-corrected chi connectivity index (χ4v) is 6.84. The van der Waals surface area contributed by atoms with Crippen LogP contribution < -0.4 is 20.9 Å². The van der Waals surface area contributed by atoms with Crippen molar-refractivity contribution in [1.29, 1.82) is 0 Å². The summed E-state index contributed by atoms with van der Waals surface area (Å²) in [7, 11) is 0. The molecular formula is C40H45N5O3. The summed E-state index contributed by atoms with van der Waals surface area (Å²) in [5.41, 5.74) is 5.77. The van der Waals surface area contributed by atoms with Crippen LogP contribution in [0.25, 0.3) is 22.2 Å². The van der Waals surface area contributed by atoms with Gasteiger partial charge in [0.1, 0.15) is 23.7 Å². The van der Waals surface area contributed by atoms with Crippen molar-refractivity contribution in [3.8, 4) is 16.9 Å². The van der Waals surface area contributed by atoms with E-state index in [-0.39, 0.29) is 23.1 Å². The number of anilines is 2. The summed E-state index contributed by atoms with van der Waals surface area (Å²) in [4.78, 5) is 37.6. The first-order valence-corrected chi connectivity index (χ1v) is 17.1. The van der Waals surface area contributed by atoms with E-state index in [2.05, 4.69) is 43.3 Å². The molecule has 0 atom stereocenters. The lowest BCUT2D eigenvalue weighted by molar-refractivity contribution is 0.262. The summed E-state index contributed by atoms with van der Waals surface area (Å²) in [5, 5.41) is 6.99. The first kappa shape index (κ1) is 32.9. The molecule has 1 fully saturated rings. The number of amides is 2. The number of carbonyl (C=O) groups is 1. The number of nitrogens with one attached hydrogen (secondary N) is 2. The van der Waals surface area contributed by atoms with E-state index in [0.717, 1.165) is 59.0 Å². The van der Waals surface area contributed by atoms with Gasteiger partial charge in [-0.1, -0.05) is 83.4 Å². The maximum absolute atomic E-state index is 14.6. The molecule has 6 rings (SSSR count). The van der Waals surface area contributed by atoms with E-state index in [1.54, 1.807) is 23.2 Å². The van der Waals surface area contributed by atoms with Gasteiger partial charge in [0.15, 0.2) is 0 Å². The van der Waals surface area contributed by atoms with E-state index in [1.807, 2.05) is 66.7 Å². The monoisotopic (exact) mass is 643 g/mol. The van der Waals surface area contributed by atoms with Gasteiger partial charge in [-0.25, -0.2) is 9.78 Å². The molecule has 2 N–H and O–H groups in total. The van der Waals surface area contributed by atoms with Crippen LogP contribution in [0, 0.1) is 5.92 Å². The Kier molecular flexibility index (Phi) is 10.2. The second-order valence-corrected chi connectivity index (χ2v) is 13.4. The number of hydrogen-bond acceptors (Lipinski definition) is 5. The largest absolute Gasteiger partial charge is 0.489 e. The number of para-hydroxylation sites is 1. The minimum absolute atomic E-state index is 0.198. The van der Waals surface area contributed by atoms with Gasteiger partial charge in [-0.05, 0) is 77.6 Å². The van der Waals surface area contributed by atoms with E-state index >= 15 is 0 Å². The molecule has 0 aliphatic heterocycles. The molecule has 8 heteroatoms. The Morgan fingerprint density at radius 3 is 2.29 bits per heavy atom. The second-order valence-electron chi connectivity index (χ2n) is 13.4. The van der Waals surface area contributed by atoms with Crippen LogP contribution in [0.15, 0.2) is 90.1 Å². The molecule has 2 aromatic carbocycles. The third-order valence-electron chi connectivity index (χ3n) is 9.29. The second kappa shape index (κ2) is 14.8. The average Bonchev–Trinajstić information content (AvgIpc) is 3.10. The van der Waals surface area contributed by atoms with Crippen molar-refractivity contribution in [3.05, 3.63) is 112 Å². The third-order valence-corrected chi connectivity index (χ3v) is 9.29. The molecule has 2 amide bonds. The number of fused-ring (bicyclic) bond motifs is 1. The van der Waals surface area contributed by atoms with E-state index in [1.165, 1.54) is 6.42 Å². The number of carbonyl (C=O) groups excluding carboxylic acids is 1. The summed E-state index contributed by atoms with van der Waals surface area (Å²) in [5.74, 6) is 1.42. The smallest absolute Gasteiger partial charge is 0.323 e. The molecule has 0 bridgehead atoms. The summed E-state index contributed by atoms with van der Waals surface area (Å²) in [6, 6.07) is 21.0. The Morgan fingerprint density at radius 2 is 1.58 bits per heavy atom. The molecule has 0 unspecified atom stereocenters. The molecule has 48 heavy (non-hydrogen) atoms. The van der Waals surface area contributed by atoms with Crippen LogP contribution in [0.5, 0.6) is 5.75 Å². The van der Waals surface area contributed by atoms with Crippen LogP contribution in [0.4, 0.5) is 16.2 Å². The summed E-state index contributed by atoms with van der Waals surface area (Å²) in [6.07, 6.45) is 10.9. The number of benzene rings is 2. The van der Waals surface area contributed by atoms with Gasteiger partial charge in [-0.3, -0.25) is 14.3 Å². The first-order chi connectivity index (χ1) is 23.3. The van der Waals surface area contributed by atoms with Crippen molar-refractivity contribution in [2.75, 3.05) is 10.6 Å². The molecule has 3 aromatic heterocycles. The lowest BCUT2D eigenvalue weighted by atomic mass is 9.89. The number of urea groups is 1. The zero-order valence-electron chi connectivity index (χ0n) is 28.3. The number of rotatable bonds is 10. The Hall–Kier alpha value is -4.98. The van der Waals surface area contributed by atoms with Gasteiger partial charge in [-0.15, -0.1) is 0 Å². The van der Waals surface area contributed by atoms with Crippen LogP contribution >= 0.6 is 0 Å². The van der Waals surface area contributed by atoms with Crippen molar-refractivity contribution in [3.63, 3.8) is 0 Å². The molecule has 0 saturated heterocycles.